The lowest BCUT2D eigenvalue weighted by atomic mass is 9.99. The standard InChI is InChI=1S/C11H12N2O4/c14-9(15)5-8-10(11(16)17)13-7-4-2-1-3-6(7)12-8/h1-5H2,(H,14,15)(H,16,17). The lowest BCUT2D eigenvalue weighted by molar-refractivity contribution is -0.136. The fourth-order valence-corrected chi connectivity index (χ4v) is 1.97. The van der Waals surface area contributed by atoms with E-state index in [-0.39, 0.29) is 11.4 Å². The molecule has 6 heteroatoms. The maximum atomic E-state index is 11.0. The molecule has 1 aliphatic rings. The van der Waals surface area contributed by atoms with Gasteiger partial charge in [0.05, 0.1) is 23.5 Å². The zero-order chi connectivity index (χ0) is 12.4. The van der Waals surface area contributed by atoms with Crippen LogP contribution < -0.4 is 0 Å². The molecule has 90 valence electrons. The number of hydrogen-bond donors (Lipinski definition) is 2. The van der Waals surface area contributed by atoms with Gasteiger partial charge in [-0.25, -0.2) is 9.78 Å². The number of aryl methyl sites for hydroxylation is 2. The van der Waals surface area contributed by atoms with Crippen molar-refractivity contribution in [3.63, 3.8) is 0 Å². The highest BCUT2D eigenvalue weighted by Gasteiger charge is 2.21. The van der Waals surface area contributed by atoms with E-state index in [1.54, 1.807) is 0 Å². The molecule has 0 fully saturated rings. The van der Waals surface area contributed by atoms with E-state index in [9.17, 15) is 9.59 Å². The van der Waals surface area contributed by atoms with Gasteiger partial charge in [-0.2, -0.15) is 0 Å². The third-order valence-electron chi connectivity index (χ3n) is 2.72. The lowest BCUT2D eigenvalue weighted by Gasteiger charge is -2.15. The molecule has 0 saturated heterocycles. The normalized spacial score (nSPS) is 14.1. The van der Waals surface area contributed by atoms with Gasteiger partial charge in [0.2, 0.25) is 0 Å². The first-order valence-corrected chi connectivity index (χ1v) is 5.41. The third-order valence-corrected chi connectivity index (χ3v) is 2.72. The van der Waals surface area contributed by atoms with Crippen molar-refractivity contribution >= 4 is 11.9 Å². The minimum atomic E-state index is -1.22. The Labute approximate surface area is 97.3 Å². The van der Waals surface area contributed by atoms with Crippen molar-refractivity contribution in [1.82, 2.24) is 9.97 Å². The van der Waals surface area contributed by atoms with Crippen LogP contribution in [-0.2, 0) is 24.1 Å². The predicted molar refractivity (Wildman–Crippen MR) is 57.0 cm³/mol. The third kappa shape index (κ3) is 2.41. The Bertz CT molecular complexity index is 485. The topological polar surface area (TPSA) is 100 Å². The summed E-state index contributed by atoms with van der Waals surface area (Å²) in [6.07, 6.45) is 3.02. The summed E-state index contributed by atoms with van der Waals surface area (Å²) in [6, 6.07) is 0. The van der Waals surface area contributed by atoms with Crippen LogP contribution in [0.5, 0.6) is 0 Å². The van der Waals surface area contributed by atoms with Gasteiger partial charge < -0.3 is 10.2 Å². The fraction of sp³-hybridized carbons (Fsp3) is 0.455. The summed E-state index contributed by atoms with van der Waals surface area (Å²) in [5.41, 5.74) is 1.26. The molecule has 1 aromatic rings. The molecule has 6 nitrogen and oxygen atoms in total. The van der Waals surface area contributed by atoms with Gasteiger partial charge in [0, 0.05) is 0 Å². The van der Waals surface area contributed by atoms with Crippen LogP contribution in [0, 0.1) is 0 Å². The van der Waals surface area contributed by atoms with Crippen molar-refractivity contribution < 1.29 is 19.8 Å². The van der Waals surface area contributed by atoms with E-state index in [0.717, 1.165) is 31.4 Å². The van der Waals surface area contributed by atoms with Crippen molar-refractivity contribution in [1.29, 1.82) is 0 Å². The number of hydrogen-bond acceptors (Lipinski definition) is 4. The number of aromatic carboxylic acids is 1. The lowest BCUT2D eigenvalue weighted by Crippen LogP contribution is -2.18. The molecule has 1 aliphatic carbocycles. The molecule has 0 unspecified atom stereocenters. The van der Waals surface area contributed by atoms with E-state index < -0.39 is 18.4 Å². The largest absolute Gasteiger partial charge is 0.481 e. The van der Waals surface area contributed by atoms with Gasteiger partial charge in [0.25, 0.3) is 0 Å². The molecule has 0 bridgehead atoms. The van der Waals surface area contributed by atoms with Crippen LogP contribution in [-0.4, -0.2) is 32.1 Å². The van der Waals surface area contributed by atoms with Crippen molar-refractivity contribution in [2.24, 2.45) is 0 Å². The summed E-state index contributed by atoms with van der Waals surface area (Å²) in [6.45, 7) is 0. The van der Waals surface area contributed by atoms with Crippen molar-refractivity contribution in [2.75, 3.05) is 0 Å². The van der Waals surface area contributed by atoms with Gasteiger partial charge in [-0.05, 0) is 25.7 Å². The summed E-state index contributed by atoms with van der Waals surface area (Å²) in [7, 11) is 0. The monoisotopic (exact) mass is 236 g/mol. The number of carboxylic acid groups (broad SMARTS) is 2. The van der Waals surface area contributed by atoms with Crippen LogP contribution in [0.25, 0.3) is 0 Å². The van der Waals surface area contributed by atoms with Crippen LogP contribution in [0.4, 0.5) is 0 Å². The van der Waals surface area contributed by atoms with Crippen LogP contribution in [0.1, 0.15) is 40.4 Å². The molecule has 1 aromatic heterocycles. The Morgan fingerprint density at radius 2 is 1.65 bits per heavy atom. The van der Waals surface area contributed by atoms with E-state index in [0.29, 0.717) is 5.69 Å². The zero-order valence-corrected chi connectivity index (χ0v) is 9.14. The number of aliphatic carboxylic acids is 1. The van der Waals surface area contributed by atoms with E-state index in [1.165, 1.54) is 0 Å². The highest BCUT2D eigenvalue weighted by Crippen LogP contribution is 2.19. The van der Waals surface area contributed by atoms with Crippen LogP contribution in [0.15, 0.2) is 0 Å². The molecular formula is C11H12N2O4. The second kappa shape index (κ2) is 4.48. The summed E-state index contributed by atoms with van der Waals surface area (Å²) in [5.74, 6) is -2.32. The van der Waals surface area contributed by atoms with Gasteiger partial charge >= 0.3 is 11.9 Å². The number of aromatic nitrogens is 2. The quantitative estimate of drug-likeness (QED) is 0.800. The Hall–Kier alpha value is -1.98. The molecular weight excluding hydrogens is 224 g/mol. The summed E-state index contributed by atoms with van der Waals surface area (Å²) in [5, 5.41) is 17.7. The number of carbonyl (C=O) groups is 2. The molecule has 2 rings (SSSR count). The minimum Gasteiger partial charge on any atom is -0.481 e. The summed E-state index contributed by atoms with van der Waals surface area (Å²) in [4.78, 5) is 29.8. The maximum Gasteiger partial charge on any atom is 0.356 e. The number of rotatable bonds is 3. The summed E-state index contributed by atoms with van der Waals surface area (Å²) >= 11 is 0. The average Bonchev–Trinajstić information content (AvgIpc) is 2.27. The Kier molecular flexibility index (Phi) is 3.03. The van der Waals surface area contributed by atoms with Crippen molar-refractivity contribution in [3.05, 3.63) is 22.8 Å². The first kappa shape index (κ1) is 11.5. The Morgan fingerprint density at radius 1 is 1.06 bits per heavy atom. The van der Waals surface area contributed by atoms with Gasteiger partial charge in [0.15, 0.2) is 5.69 Å². The summed E-state index contributed by atoms with van der Waals surface area (Å²) < 4.78 is 0. The second-order valence-corrected chi connectivity index (χ2v) is 4.00. The molecule has 17 heavy (non-hydrogen) atoms. The molecule has 0 atom stereocenters. The van der Waals surface area contributed by atoms with Crippen LogP contribution >= 0.6 is 0 Å². The number of nitrogens with zero attached hydrogens (tertiary/aromatic N) is 2. The average molecular weight is 236 g/mol. The first-order valence-electron chi connectivity index (χ1n) is 5.41. The SMILES string of the molecule is O=C(O)Cc1nc2c(nc1C(=O)O)CCCC2. The maximum absolute atomic E-state index is 11.0. The molecule has 1 heterocycles. The van der Waals surface area contributed by atoms with Gasteiger partial charge in [-0.1, -0.05) is 0 Å². The molecule has 2 N–H and O–H groups in total. The molecule has 0 radical (unpaired) electrons. The molecule has 0 amide bonds. The van der Waals surface area contributed by atoms with Gasteiger partial charge in [-0.15, -0.1) is 0 Å². The molecule has 0 saturated carbocycles. The molecule has 0 aromatic carbocycles. The van der Waals surface area contributed by atoms with Crippen LogP contribution in [0.3, 0.4) is 0 Å². The molecule has 0 spiro atoms. The van der Waals surface area contributed by atoms with Crippen molar-refractivity contribution in [3.8, 4) is 0 Å². The van der Waals surface area contributed by atoms with E-state index >= 15 is 0 Å². The zero-order valence-electron chi connectivity index (χ0n) is 9.14. The predicted octanol–water partition coefficient (Wildman–Crippen LogP) is 0.681. The highest BCUT2D eigenvalue weighted by atomic mass is 16.4. The van der Waals surface area contributed by atoms with Gasteiger partial charge in [-0.3, -0.25) is 9.78 Å². The first-order chi connectivity index (χ1) is 8.08. The van der Waals surface area contributed by atoms with E-state index in [2.05, 4.69) is 9.97 Å². The minimum absolute atomic E-state index is 0.0469. The van der Waals surface area contributed by atoms with E-state index in [1.807, 2.05) is 0 Å². The Balaban J connectivity index is 2.47. The van der Waals surface area contributed by atoms with Crippen molar-refractivity contribution in [2.45, 2.75) is 32.1 Å². The fourth-order valence-electron chi connectivity index (χ4n) is 1.97. The number of carboxylic acids is 2. The van der Waals surface area contributed by atoms with Gasteiger partial charge in [0.1, 0.15) is 0 Å². The highest BCUT2D eigenvalue weighted by molar-refractivity contribution is 5.88. The van der Waals surface area contributed by atoms with Crippen LogP contribution in [0.2, 0.25) is 0 Å². The molecule has 0 aliphatic heterocycles. The van der Waals surface area contributed by atoms with E-state index in [4.69, 9.17) is 10.2 Å². The smallest absolute Gasteiger partial charge is 0.356 e. The second-order valence-electron chi connectivity index (χ2n) is 4.00. The number of fused-ring (bicyclic) bond motifs is 1. The Morgan fingerprint density at radius 3 is 2.18 bits per heavy atom.